The molecule has 0 radical (unpaired) electrons. The van der Waals surface area contributed by atoms with Gasteiger partial charge in [-0.15, -0.1) is 0 Å². The van der Waals surface area contributed by atoms with Crippen molar-refractivity contribution in [2.75, 3.05) is 7.11 Å². The minimum Gasteiger partial charge on any atom is -0.497 e. The van der Waals surface area contributed by atoms with E-state index in [1.807, 2.05) is 43.5 Å². The zero-order valence-corrected chi connectivity index (χ0v) is 12.6. The van der Waals surface area contributed by atoms with Crippen LogP contribution in [0.15, 0.2) is 60.8 Å². The number of rotatable bonds is 4. The molecule has 0 spiro atoms. The molecule has 22 heavy (non-hydrogen) atoms. The van der Waals surface area contributed by atoms with Crippen molar-refractivity contribution in [1.29, 1.82) is 0 Å². The van der Waals surface area contributed by atoms with Crippen LogP contribution in [0.2, 0.25) is 0 Å². The number of hydrogen-bond acceptors (Lipinski definition) is 2. The second kappa shape index (κ2) is 5.90. The molecule has 0 bridgehead atoms. The molecule has 0 aliphatic heterocycles. The summed E-state index contributed by atoms with van der Waals surface area (Å²) >= 11 is 0. The summed E-state index contributed by atoms with van der Waals surface area (Å²) in [4.78, 5) is 16.0. The van der Waals surface area contributed by atoms with Crippen molar-refractivity contribution in [3.63, 3.8) is 0 Å². The second-order valence-electron chi connectivity index (χ2n) is 5.13. The molecule has 0 saturated carbocycles. The van der Waals surface area contributed by atoms with Gasteiger partial charge in [0, 0.05) is 23.0 Å². The number of carbonyl (C=O) groups is 1. The third-order valence-corrected chi connectivity index (χ3v) is 3.74. The van der Waals surface area contributed by atoms with E-state index in [4.69, 9.17) is 4.74 Å². The minimum atomic E-state index is 0.0141. The molecule has 110 valence electrons. The van der Waals surface area contributed by atoms with Crippen LogP contribution < -0.4 is 4.74 Å². The van der Waals surface area contributed by atoms with Crippen LogP contribution in [0.4, 0.5) is 0 Å². The van der Waals surface area contributed by atoms with E-state index in [1.165, 1.54) is 0 Å². The van der Waals surface area contributed by atoms with Gasteiger partial charge in [-0.1, -0.05) is 30.3 Å². The van der Waals surface area contributed by atoms with Crippen LogP contribution in [0.5, 0.6) is 5.75 Å². The van der Waals surface area contributed by atoms with Crippen molar-refractivity contribution >= 4 is 5.78 Å². The van der Waals surface area contributed by atoms with Gasteiger partial charge < -0.3 is 9.72 Å². The number of H-pyrrole nitrogens is 1. The Morgan fingerprint density at radius 1 is 1.00 bits per heavy atom. The molecule has 0 saturated heterocycles. The molecular formula is C19H17NO2. The first-order valence-corrected chi connectivity index (χ1v) is 7.13. The quantitative estimate of drug-likeness (QED) is 0.731. The van der Waals surface area contributed by atoms with Crippen LogP contribution in [0, 0.1) is 6.92 Å². The molecule has 1 N–H and O–H groups in total. The fraction of sp³-hybridized carbons (Fsp3) is 0.105. The van der Waals surface area contributed by atoms with E-state index >= 15 is 0 Å². The Balaban J connectivity index is 2.04. The maximum atomic E-state index is 12.9. The minimum absolute atomic E-state index is 0.0141. The molecule has 3 nitrogen and oxygen atoms in total. The lowest BCUT2D eigenvalue weighted by atomic mass is 9.96. The molecular weight excluding hydrogens is 274 g/mol. The van der Waals surface area contributed by atoms with Gasteiger partial charge in [0.05, 0.1) is 12.7 Å². The monoisotopic (exact) mass is 291 g/mol. The van der Waals surface area contributed by atoms with Gasteiger partial charge in [-0.25, -0.2) is 0 Å². The lowest BCUT2D eigenvalue weighted by Crippen LogP contribution is -2.03. The van der Waals surface area contributed by atoms with E-state index in [0.717, 1.165) is 28.1 Å². The van der Waals surface area contributed by atoms with E-state index in [9.17, 15) is 4.79 Å². The van der Waals surface area contributed by atoms with Crippen LogP contribution in [0.1, 0.15) is 21.6 Å². The summed E-state index contributed by atoms with van der Waals surface area (Å²) in [5, 5.41) is 0. The average Bonchev–Trinajstić information content (AvgIpc) is 2.96. The van der Waals surface area contributed by atoms with Crippen LogP contribution in [-0.4, -0.2) is 17.9 Å². The van der Waals surface area contributed by atoms with Crippen LogP contribution in [0.3, 0.4) is 0 Å². The summed E-state index contributed by atoms with van der Waals surface area (Å²) in [6.45, 7) is 1.92. The number of benzene rings is 2. The van der Waals surface area contributed by atoms with E-state index in [0.29, 0.717) is 5.56 Å². The fourth-order valence-corrected chi connectivity index (χ4v) is 2.55. The van der Waals surface area contributed by atoms with Gasteiger partial charge in [-0.05, 0) is 36.8 Å². The molecule has 2 aromatic carbocycles. The van der Waals surface area contributed by atoms with Gasteiger partial charge in [0.15, 0.2) is 5.78 Å². The molecule has 1 heterocycles. The van der Waals surface area contributed by atoms with Gasteiger partial charge in [0.1, 0.15) is 5.75 Å². The van der Waals surface area contributed by atoms with Crippen LogP contribution in [0.25, 0.3) is 11.1 Å². The first-order chi connectivity index (χ1) is 10.7. The summed E-state index contributed by atoms with van der Waals surface area (Å²) in [6.07, 6.45) is 1.89. The predicted molar refractivity (Wildman–Crippen MR) is 87.4 cm³/mol. The maximum Gasteiger partial charge on any atom is 0.195 e. The molecule has 3 rings (SSSR count). The molecule has 0 fully saturated rings. The van der Waals surface area contributed by atoms with E-state index in [2.05, 4.69) is 4.98 Å². The van der Waals surface area contributed by atoms with Gasteiger partial charge in [-0.3, -0.25) is 4.79 Å². The molecule has 0 unspecified atom stereocenters. The number of aromatic nitrogens is 1. The van der Waals surface area contributed by atoms with Crippen molar-refractivity contribution in [2.45, 2.75) is 6.92 Å². The highest BCUT2D eigenvalue weighted by Gasteiger charge is 2.19. The first kappa shape index (κ1) is 14.1. The molecule has 3 heteroatoms. The van der Waals surface area contributed by atoms with Crippen LogP contribution >= 0.6 is 0 Å². The van der Waals surface area contributed by atoms with Crippen molar-refractivity contribution in [1.82, 2.24) is 4.98 Å². The molecule has 0 aliphatic rings. The highest BCUT2D eigenvalue weighted by atomic mass is 16.5. The summed E-state index contributed by atoms with van der Waals surface area (Å²) in [7, 11) is 1.61. The number of aryl methyl sites for hydroxylation is 1. The number of ketones is 1. The number of aromatic amines is 1. The Morgan fingerprint density at radius 3 is 2.32 bits per heavy atom. The van der Waals surface area contributed by atoms with Crippen molar-refractivity contribution < 1.29 is 9.53 Å². The molecule has 0 atom stereocenters. The Hall–Kier alpha value is -2.81. The largest absolute Gasteiger partial charge is 0.497 e. The second-order valence-corrected chi connectivity index (χ2v) is 5.13. The molecule has 1 aromatic heterocycles. The number of ether oxygens (including phenoxy) is 1. The fourth-order valence-electron chi connectivity index (χ4n) is 2.55. The zero-order valence-electron chi connectivity index (χ0n) is 12.6. The number of methoxy groups -OCH3 is 1. The highest BCUT2D eigenvalue weighted by molar-refractivity contribution is 6.13. The van der Waals surface area contributed by atoms with Gasteiger partial charge >= 0.3 is 0 Å². The number of nitrogens with one attached hydrogen (secondary N) is 1. The lowest BCUT2D eigenvalue weighted by molar-refractivity contribution is 0.103. The van der Waals surface area contributed by atoms with Crippen molar-refractivity contribution in [3.8, 4) is 16.9 Å². The molecule has 0 amide bonds. The third-order valence-electron chi connectivity index (χ3n) is 3.74. The standard InChI is InChI=1S/C19H17NO2/c1-13-18(17(12-20-13)14-6-4-3-5-7-14)19(21)15-8-10-16(22-2)11-9-15/h3-12,20H,1-2H3. The Kier molecular flexibility index (Phi) is 3.79. The maximum absolute atomic E-state index is 12.9. The highest BCUT2D eigenvalue weighted by Crippen LogP contribution is 2.28. The SMILES string of the molecule is COc1ccc(C(=O)c2c(-c3ccccc3)c[nH]c2C)cc1. The third kappa shape index (κ3) is 2.53. The van der Waals surface area contributed by atoms with E-state index in [-0.39, 0.29) is 5.78 Å². The van der Waals surface area contributed by atoms with Crippen LogP contribution in [-0.2, 0) is 0 Å². The average molecular weight is 291 g/mol. The summed E-state index contributed by atoms with van der Waals surface area (Å²) < 4.78 is 5.14. The van der Waals surface area contributed by atoms with E-state index < -0.39 is 0 Å². The van der Waals surface area contributed by atoms with Gasteiger partial charge in [0.25, 0.3) is 0 Å². The Morgan fingerprint density at radius 2 is 1.68 bits per heavy atom. The Labute approximate surface area is 129 Å². The predicted octanol–water partition coefficient (Wildman–Crippen LogP) is 4.23. The van der Waals surface area contributed by atoms with Gasteiger partial charge in [-0.2, -0.15) is 0 Å². The summed E-state index contributed by atoms with van der Waals surface area (Å²) in [5.41, 5.74) is 4.21. The lowest BCUT2D eigenvalue weighted by Gasteiger charge is -2.06. The normalized spacial score (nSPS) is 10.5. The molecule has 0 aliphatic carbocycles. The summed E-state index contributed by atoms with van der Waals surface area (Å²) in [6, 6.07) is 17.1. The molecule has 3 aromatic rings. The Bertz CT molecular complexity index is 786. The zero-order chi connectivity index (χ0) is 15.5. The first-order valence-electron chi connectivity index (χ1n) is 7.13. The van der Waals surface area contributed by atoms with Gasteiger partial charge in [0.2, 0.25) is 0 Å². The summed E-state index contributed by atoms with van der Waals surface area (Å²) in [5.74, 6) is 0.755. The smallest absolute Gasteiger partial charge is 0.195 e. The number of hydrogen-bond donors (Lipinski definition) is 1. The topological polar surface area (TPSA) is 42.1 Å². The number of carbonyl (C=O) groups excluding carboxylic acids is 1. The van der Waals surface area contributed by atoms with Crippen molar-refractivity contribution in [2.24, 2.45) is 0 Å². The van der Waals surface area contributed by atoms with E-state index in [1.54, 1.807) is 31.4 Å². The van der Waals surface area contributed by atoms with Crippen molar-refractivity contribution in [3.05, 3.63) is 77.6 Å².